The molecule has 7 nitrogen and oxygen atoms in total. The monoisotopic (exact) mass is 395 g/mol. The molecule has 0 saturated heterocycles. The number of nitrogens with one attached hydrogen (secondary N) is 2. The molecule has 0 unspecified atom stereocenters. The summed E-state index contributed by atoms with van der Waals surface area (Å²) in [5.74, 6) is -1.22. The van der Waals surface area contributed by atoms with Crippen LogP contribution in [0.25, 0.3) is 0 Å². The maximum absolute atomic E-state index is 12.6. The summed E-state index contributed by atoms with van der Waals surface area (Å²) >= 11 is 0. The summed E-state index contributed by atoms with van der Waals surface area (Å²) in [5.41, 5.74) is 1.11. The number of rotatable bonds is 5. The van der Waals surface area contributed by atoms with Crippen LogP contribution in [0.15, 0.2) is 42.5 Å². The summed E-state index contributed by atoms with van der Waals surface area (Å²) in [6, 6.07) is 11.4. The molecule has 0 spiro atoms. The molecular weight excluding hydrogens is 370 g/mol. The van der Waals surface area contributed by atoms with E-state index in [2.05, 4.69) is 20.4 Å². The van der Waals surface area contributed by atoms with E-state index < -0.39 is 11.9 Å². The zero-order valence-corrected chi connectivity index (χ0v) is 16.4. The smallest absolute Gasteiger partial charge is 0.337 e. The Hall–Kier alpha value is -3.22. The molecule has 0 aliphatic heterocycles. The van der Waals surface area contributed by atoms with Crippen LogP contribution < -0.4 is 10.6 Å². The molecule has 1 heterocycles. The van der Waals surface area contributed by atoms with Crippen LogP contribution in [-0.2, 0) is 4.74 Å². The number of benzene rings is 1. The molecule has 1 aromatic carbocycles. The van der Waals surface area contributed by atoms with E-state index in [0.29, 0.717) is 11.3 Å². The number of hydrogen-bond acceptors (Lipinski definition) is 5. The Morgan fingerprint density at radius 3 is 2.28 bits per heavy atom. The van der Waals surface area contributed by atoms with Crippen molar-refractivity contribution in [1.29, 1.82) is 0 Å². The molecule has 1 aromatic heterocycles. The Kier molecular flexibility index (Phi) is 6.94. The molecule has 152 valence electrons. The summed E-state index contributed by atoms with van der Waals surface area (Å²) in [6.07, 6.45) is 6.59. The molecule has 0 atom stereocenters. The van der Waals surface area contributed by atoms with E-state index in [1.54, 1.807) is 36.4 Å². The molecule has 1 aliphatic carbocycles. The van der Waals surface area contributed by atoms with Crippen LogP contribution in [0.5, 0.6) is 0 Å². The zero-order chi connectivity index (χ0) is 20.6. The first-order chi connectivity index (χ1) is 14.1. The van der Waals surface area contributed by atoms with E-state index in [9.17, 15) is 14.4 Å². The van der Waals surface area contributed by atoms with Gasteiger partial charge >= 0.3 is 5.97 Å². The van der Waals surface area contributed by atoms with Gasteiger partial charge in [-0.3, -0.25) is 9.59 Å². The molecule has 1 aliphatic rings. The molecule has 3 rings (SSSR count). The number of amides is 2. The minimum absolute atomic E-state index is 0.127. The van der Waals surface area contributed by atoms with Crippen molar-refractivity contribution in [3.63, 3.8) is 0 Å². The van der Waals surface area contributed by atoms with Gasteiger partial charge in [0.1, 0.15) is 11.4 Å². The van der Waals surface area contributed by atoms with E-state index in [0.717, 1.165) is 25.7 Å². The lowest BCUT2D eigenvalue weighted by Crippen LogP contribution is -2.35. The third-order valence-corrected chi connectivity index (χ3v) is 4.95. The molecular formula is C22H25N3O4. The minimum Gasteiger partial charge on any atom is -0.465 e. The van der Waals surface area contributed by atoms with Crippen LogP contribution in [0.1, 0.15) is 69.9 Å². The molecule has 2 N–H and O–H groups in total. The summed E-state index contributed by atoms with van der Waals surface area (Å²) in [6.45, 7) is 0. The predicted molar refractivity (Wildman–Crippen MR) is 109 cm³/mol. The van der Waals surface area contributed by atoms with Gasteiger partial charge in [-0.1, -0.05) is 37.8 Å². The summed E-state index contributed by atoms with van der Waals surface area (Å²) in [4.78, 5) is 41.0. The van der Waals surface area contributed by atoms with Crippen LogP contribution in [0.2, 0.25) is 0 Å². The lowest BCUT2D eigenvalue weighted by Gasteiger charge is -2.16. The SMILES string of the molecule is COC(=O)c1cccc(NC(=O)c2cccc(C(=O)NC3CCCCCC3)n2)c1. The highest BCUT2D eigenvalue weighted by Gasteiger charge is 2.18. The van der Waals surface area contributed by atoms with E-state index >= 15 is 0 Å². The number of ether oxygens (including phenoxy) is 1. The van der Waals surface area contributed by atoms with Gasteiger partial charge in [0.05, 0.1) is 12.7 Å². The standard InChI is InChI=1S/C22H25N3O4/c1-29-22(28)15-8-6-11-17(14-15)24-21(27)19-13-7-12-18(25-19)20(26)23-16-9-4-2-3-5-10-16/h6-8,11-14,16H,2-5,9-10H2,1H3,(H,23,26)(H,24,27). The number of anilines is 1. The maximum atomic E-state index is 12.6. The van der Waals surface area contributed by atoms with Crippen LogP contribution in [0.3, 0.4) is 0 Å². The summed E-state index contributed by atoms with van der Waals surface area (Å²) < 4.78 is 4.68. The third-order valence-electron chi connectivity index (χ3n) is 4.95. The first kappa shape index (κ1) is 20.5. The van der Waals surface area contributed by atoms with Crippen LogP contribution in [-0.4, -0.2) is 35.9 Å². The Morgan fingerprint density at radius 2 is 1.59 bits per heavy atom. The van der Waals surface area contributed by atoms with Gasteiger partial charge in [0, 0.05) is 11.7 Å². The Morgan fingerprint density at radius 1 is 0.931 bits per heavy atom. The van der Waals surface area contributed by atoms with Crippen molar-refractivity contribution in [2.45, 2.75) is 44.6 Å². The number of carbonyl (C=O) groups is 3. The number of nitrogens with zero attached hydrogens (tertiary/aromatic N) is 1. The van der Waals surface area contributed by atoms with E-state index in [4.69, 9.17) is 0 Å². The van der Waals surface area contributed by atoms with Crippen molar-refractivity contribution in [3.8, 4) is 0 Å². The van der Waals surface area contributed by atoms with Gasteiger partial charge in [-0.2, -0.15) is 0 Å². The average Bonchev–Trinajstić information content (AvgIpc) is 3.02. The quantitative estimate of drug-likeness (QED) is 0.596. The van der Waals surface area contributed by atoms with E-state index in [1.807, 2.05) is 0 Å². The second-order valence-corrected chi connectivity index (χ2v) is 7.10. The highest BCUT2D eigenvalue weighted by Crippen LogP contribution is 2.18. The Balaban J connectivity index is 1.67. The fourth-order valence-electron chi connectivity index (χ4n) is 3.41. The van der Waals surface area contributed by atoms with Gasteiger partial charge in [-0.05, 0) is 43.2 Å². The molecule has 2 aromatic rings. The molecule has 2 amide bonds. The second kappa shape index (κ2) is 9.82. The van der Waals surface area contributed by atoms with Gasteiger partial charge in [0.15, 0.2) is 0 Å². The van der Waals surface area contributed by atoms with Crippen LogP contribution in [0.4, 0.5) is 5.69 Å². The molecule has 0 bridgehead atoms. The number of carbonyl (C=O) groups excluding carboxylic acids is 3. The van der Waals surface area contributed by atoms with Crippen molar-refractivity contribution >= 4 is 23.5 Å². The molecule has 1 fully saturated rings. The highest BCUT2D eigenvalue weighted by molar-refractivity contribution is 6.04. The largest absolute Gasteiger partial charge is 0.465 e. The predicted octanol–water partition coefficient (Wildman–Crippen LogP) is 3.57. The number of aromatic nitrogens is 1. The third kappa shape index (κ3) is 5.63. The normalized spacial score (nSPS) is 14.5. The van der Waals surface area contributed by atoms with Crippen molar-refractivity contribution in [3.05, 3.63) is 59.4 Å². The molecule has 29 heavy (non-hydrogen) atoms. The number of esters is 1. The minimum atomic E-state index is -0.489. The lowest BCUT2D eigenvalue weighted by molar-refractivity contribution is 0.0600. The van der Waals surface area contributed by atoms with E-state index in [-0.39, 0.29) is 23.3 Å². The fraction of sp³-hybridized carbons (Fsp3) is 0.364. The van der Waals surface area contributed by atoms with Crippen molar-refractivity contribution in [2.75, 3.05) is 12.4 Å². The fourth-order valence-corrected chi connectivity index (χ4v) is 3.41. The zero-order valence-electron chi connectivity index (χ0n) is 16.4. The van der Waals surface area contributed by atoms with Gasteiger partial charge in [-0.15, -0.1) is 0 Å². The first-order valence-electron chi connectivity index (χ1n) is 9.84. The van der Waals surface area contributed by atoms with Crippen molar-refractivity contribution < 1.29 is 19.1 Å². The van der Waals surface area contributed by atoms with Gasteiger partial charge in [-0.25, -0.2) is 9.78 Å². The van der Waals surface area contributed by atoms with Crippen LogP contribution >= 0.6 is 0 Å². The second-order valence-electron chi connectivity index (χ2n) is 7.10. The van der Waals surface area contributed by atoms with Gasteiger partial charge < -0.3 is 15.4 Å². The van der Waals surface area contributed by atoms with Crippen LogP contribution in [0, 0.1) is 0 Å². The highest BCUT2D eigenvalue weighted by atomic mass is 16.5. The Bertz CT molecular complexity index is 889. The maximum Gasteiger partial charge on any atom is 0.337 e. The first-order valence-corrected chi connectivity index (χ1v) is 9.84. The lowest BCUT2D eigenvalue weighted by atomic mass is 10.1. The summed E-state index contributed by atoms with van der Waals surface area (Å²) in [5, 5.41) is 5.73. The summed E-state index contributed by atoms with van der Waals surface area (Å²) in [7, 11) is 1.29. The van der Waals surface area contributed by atoms with E-state index in [1.165, 1.54) is 26.0 Å². The average molecular weight is 395 g/mol. The molecule has 1 saturated carbocycles. The van der Waals surface area contributed by atoms with Crippen molar-refractivity contribution in [2.24, 2.45) is 0 Å². The molecule has 7 heteroatoms. The number of pyridine rings is 1. The number of hydrogen-bond donors (Lipinski definition) is 2. The topological polar surface area (TPSA) is 97.4 Å². The van der Waals surface area contributed by atoms with Crippen molar-refractivity contribution in [1.82, 2.24) is 10.3 Å². The molecule has 0 radical (unpaired) electrons. The van der Waals surface area contributed by atoms with Gasteiger partial charge in [0.2, 0.25) is 0 Å². The number of methoxy groups -OCH3 is 1. The van der Waals surface area contributed by atoms with Gasteiger partial charge in [0.25, 0.3) is 11.8 Å². The Labute approximate surface area is 169 Å².